The van der Waals surface area contributed by atoms with E-state index in [1.807, 2.05) is 13.0 Å². The Balaban J connectivity index is 2.16. The van der Waals surface area contributed by atoms with Gasteiger partial charge in [0.2, 0.25) is 0 Å². The molecule has 0 atom stereocenters. The molecule has 0 amide bonds. The number of hydrogen-bond acceptors (Lipinski definition) is 2. The summed E-state index contributed by atoms with van der Waals surface area (Å²) in [5, 5.41) is 9.29. The van der Waals surface area contributed by atoms with Gasteiger partial charge in [0.25, 0.3) is 0 Å². The lowest BCUT2D eigenvalue weighted by atomic mass is 9.74. The molecule has 19 heavy (non-hydrogen) atoms. The molecule has 1 aromatic carbocycles. The molecule has 0 saturated carbocycles. The lowest BCUT2D eigenvalue weighted by molar-refractivity contribution is 0.199. The Morgan fingerprint density at radius 1 is 1.21 bits per heavy atom. The van der Waals surface area contributed by atoms with Crippen molar-refractivity contribution in [3.63, 3.8) is 0 Å². The fourth-order valence-electron chi connectivity index (χ4n) is 3.19. The second-order valence-electron chi connectivity index (χ2n) is 5.83. The summed E-state index contributed by atoms with van der Waals surface area (Å²) in [5.41, 5.74) is 3.64. The van der Waals surface area contributed by atoms with E-state index in [1.165, 1.54) is 25.7 Å². The molecule has 0 aliphatic carbocycles. The average molecular weight is 256 g/mol. The summed E-state index contributed by atoms with van der Waals surface area (Å²) >= 11 is 0. The molecule has 0 unspecified atom stereocenters. The number of anilines is 1. The smallest absolute Gasteiger partial charge is 0.101 e. The van der Waals surface area contributed by atoms with E-state index in [9.17, 15) is 5.26 Å². The zero-order chi connectivity index (χ0) is 13.9. The fourth-order valence-corrected chi connectivity index (χ4v) is 3.19. The highest BCUT2D eigenvalue weighted by Crippen LogP contribution is 2.39. The van der Waals surface area contributed by atoms with Gasteiger partial charge in [0.15, 0.2) is 0 Å². The zero-order valence-corrected chi connectivity index (χ0v) is 12.4. The standard InChI is InChI=1S/C17H24N2/c1-4-17(5-2)8-10-19(11-9-17)16-7-6-14(3)12-15(16)13-18/h6-7,12H,4-5,8-11H2,1-3H3. The van der Waals surface area contributed by atoms with E-state index in [-0.39, 0.29) is 0 Å². The van der Waals surface area contributed by atoms with Gasteiger partial charge in [0.1, 0.15) is 6.07 Å². The van der Waals surface area contributed by atoms with Gasteiger partial charge < -0.3 is 4.90 Å². The molecule has 2 heteroatoms. The van der Waals surface area contributed by atoms with Crippen LogP contribution < -0.4 is 4.90 Å². The van der Waals surface area contributed by atoms with Crippen LogP contribution in [0.4, 0.5) is 5.69 Å². The number of nitriles is 1. The maximum atomic E-state index is 9.29. The van der Waals surface area contributed by atoms with Gasteiger partial charge in [-0.1, -0.05) is 32.8 Å². The van der Waals surface area contributed by atoms with Crippen molar-refractivity contribution in [1.82, 2.24) is 0 Å². The molecule has 1 heterocycles. The third-order valence-electron chi connectivity index (χ3n) is 4.94. The van der Waals surface area contributed by atoms with Crippen molar-refractivity contribution < 1.29 is 0 Å². The van der Waals surface area contributed by atoms with Crippen molar-refractivity contribution >= 4 is 5.69 Å². The predicted molar refractivity (Wildman–Crippen MR) is 80.4 cm³/mol. The molecule has 102 valence electrons. The quantitative estimate of drug-likeness (QED) is 0.807. The molecule has 1 fully saturated rings. The molecule has 0 aromatic heterocycles. The summed E-state index contributed by atoms with van der Waals surface area (Å²) in [6.07, 6.45) is 5.05. The van der Waals surface area contributed by atoms with Crippen LogP contribution >= 0.6 is 0 Å². The Labute approximate surface area is 117 Å². The molecule has 2 rings (SSSR count). The summed E-state index contributed by atoms with van der Waals surface area (Å²) in [7, 11) is 0. The van der Waals surface area contributed by atoms with Gasteiger partial charge in [-0.3, -0.25) is 0 Å². The average Bonchev–Trinajstić information content (AvgIpc) is 2.47. The molecule has 1 aliphatic rings. The summed E-state index contributed by atoms with van der Waals surface area (Å²) in [5.74, 6) is 0. The Hall–Kier alpha value is -1.49. The number of rotatable bonds is 3. The predicted octanol–water partition coefficient (Wildman–Crippen LogP) is 4.27. The normalized spacial score (nSPS) is 18.1. The number of hydrogen-bond donors (Lipinski definition) is 0. The first-order chi connectivity index (χ1) is 9.14. The van der Waals surface area contributed by atoms with Crippen LogP contribution in [0.2, 0.25) is 0 Å². The van der Waals surface area contributed by atoms with Gasteiger partial charge in [0.05, 0.1) is 11.3 Å². The topological polar surface area (TPSA) is 27.0 Å². The third-order valence-corrected chi connectivity index (χ3v) is 4.94. The Morgan fingerprint density at radius 3 is 2.37 bits per heavy atom. The van der Waals surface area contributed by atoms with Crippen molar-refractivity contribution in [3.8, 4) is 6.07 Å². The van der Waals surface area contributed by atoms with Gasteiger partial charge in [-0.25, -0.2) is 0 Å². The van der Waals surface area contributed by atoms with Crippen LogP contribution in [0, 0.1) is 23.7 Å². The van der Waals surface area contributed by atoms with Gasteiger partial charge in [-0.15, -0.1) is 0 Å². The van der Waals surface area contributed by atoms with Crippen LogP contribution in [0.3, 0.4) is 0 Å². The second-order valence-corrected chi connectivity index (χ2v) is 5.83. The Morgan fingerprint density at radius 2 is 1.84 bits per heavy atom. The van der Waals surface area contributed by atoms with E-state index >= 15 is 0 Å². The van der Waals surface area contributed by atoms with Crippen LogP contribution in [0.5, 0.6) is 0 Å². The van der Waals surface area contributed by atoms with Crippen LogP contribution in [0.1, 0.15) is 50.7 Å². The Kier molecular flexibility index (Phi) is 4.14. The molecule has 1 saturated heterocycles. The van der Waals surface area contributed by atoms with E-state index in [0.29, 0.717) is 5.41 Å². The maximum Gasteiger partial charge on any atom is 0.101 e. The second kappa shape index (κ2) is 5.65. The molecule has 0 bridgehead atoms. The monoisotopic (exact) mass is 256 g/mol. The van der Waals surface area contributed by atoms with Crippen molar-refractivity contribution in [1.29, 1.82) is 5.26 Å². The summed E-state index contributed by atoms with van der Waals surface area (Å²) in [6, 6.07) is 8.56. The van der Waals surface area contributed by atoms with Crippen LogP contribution in [0.25, 0.3) is 0 Å². The molecular formula is C17H24N2. The molecule has 0 radical (unpaired) electrons. The molecule has 1 aromatic rings. The molecular weight excluding hydrogens is 232 g/mol. The van der Waals surface area contributed by atoms with E-state index in [1.54, 1.807) is 0 Å². The maximum absolute atomic E-state index is 9.29. The number of piperidine rings is 1. The van der Waals surface area contributed by atoms with E-state index < -0.39 is 0 Å². The molecule has 2 nitrogen and oxygen atoms in total. The van der Waals surface area contributed by atoms with Gasteiger partial charge in [-0.05, 0) is 42.9 Å². The molecule has 0 N–H and O–H groups in total. The third kappa shape index (κ3) is 2.76. The van der Waals surface area contributed by atoms with Crippen molar-refractivity contribution in [2.75, 3.05) is 18.0 Å². The van der Waals surface area contributed by atoms with Gasteiger partial charge >= 0.3 is 0 Å². The van der Waals surface area contributed by atoms with E-state index in [4.69, 9.17) is 0 Å². The van der Waals surface area contributed by atoms with E-state index in [2.05, 4.69) is 36.9 Å². The SMILES string of the molecule is CCC1(CC)CCN(c2ccc(C)cc2C#N)CC1. The molecule has 0 spiro atoms. The first kappa shape index (κ1) is 13.9. The lowest BCUT2D eigenvalue weighted by Crippen LogP contribution is -2.39. The first-order valence-electron chi connectivity index (χ1n) is 7.40. The minimum absolute atomic E-state index is 0.536. The Bertz CT molecular complexity index is 471. The minimum Gasteiger partial charge on any atom is -0.370 e. The van der Waals surface area contributed by atoms with Crippen molar-refractivity contribution in [2.45, 2.75) is 46.5 Å². The number of nitrogens with zero attached hydrogens (tertiary/aromatic N) is 2. The zero-order valence-electron chi connectivity index (χ0n) is 12.4. The number of benzene rings is 1. The summed E-state index contributed by atoms with van der Waals surface area (Å²) in [6.45, 7) is 8.83. The van der Waals surface area contributed by atoms with Gasteiger partial charge in [-0.2, -0.15) is 5.26 Å². The van der Waals surface area contributed by atoms with E-state index in [0.717, 1.165) is 29.9 Å². The minimum atomic E-state index is 0.536. The highest BCUT2D eigenvalue weighted by atomic mass is 15.1. The van der Waals surface area contributed by atoms with Gasteiger partial charge in [0, 0.05) is 13.1 Å². The largest absolute Gasteiger partial charge is 0.370 e. The van der Waals surface area contributed by atoms with Crippen LogP contribution in [0.15, 0.2) is 18.2 Å². The first-order valence-corrected chi connectivity index (χ1v) is 7.40. The van der Waals surface area contributed by atoms with Crippen molar-refractivity contribution in [2.24, 2.45) is 5.41 Å². The lowest BCUT2D eigenvalue weighted by Gasteiger charge is -2.42. The number of aryl methyl sites for hydroxylation is 1. The van der Waals surface area contributed by atoms with Crippen molar-refractivity contribution in [3.05, 3.63) is 29.3 Å². The summed E-state index contributed by atoms with van der Waals surface area (Å²) < 4.78 is 0. The van der Waals surface area contributed by atoms with Crippen LogP contribution in [-0.4, -0.2) is 13.1 Å². The van der Waals surface area contributed by atoms with Crippen LogP contribution in [-0.2, 0) is 0 Å². The molecule has 1 aliphatic heterocycles. The highest BCUT2D eigenvalue weighted by molar-refractivity contribution is 5.60. The summed E-state index contributed by atoms with van der Waals surface area (Å²) in [4.78, 5) is 2.39. The fraction of sp³-hybridized carbons (Fsp3) is 0.588. The highest BCUT2D eigenvalue weighted by Gasteiger charge is 2.31.